The Hall–Kier alpha value is -1.78. The van der Waals surface area contributed by atoms with E-state index in [4.69, 9.17) is 4.42 Å². The van der Waals surface area contributed by atoms with Gasteiger partial charge in [0.1, 0.15) is 5.76 Å². The van der Waals surface area contributed by atoms with Crippen LogP contribution in [0.15, 0.2) is 16.7 Å². The Morgan fingerprint density at radius 2 is 2.40 bits per heavy atom. The van der Waals surface area contributed by atoms with E-state index in [1.165, 1.54) is 0 Å². The SMILES string of the molecule is CCN1C[C@H](C(=O)N[C@H]2CCCc3occc32)CC1=O. The second kappa shape index (κ2) is 5.31. The third-order valence-corrected chi connectivity index (χ3v) is 4.34. The van der Waals surface area contributed by atoms with Gasteiger partial charge in [0, 0.05) is 31.5 Å². The fourth-order valence-electron chi connectivity index (χ4n) is 3.18. The summed E-state index contributed by atoms with van der Waals surface area (Å²) >= 11 is 0. The molecule has 2 atom stereocenters. The Morgan fingerprint density at radius 3 is 3.15 bits per heavy atom. The van der Waals surface area contributed by atoms with Gasteiger partial charge in [-0.05, 0) is 25.8 Å². The molecule has 2 amide bonds. The molecule has 1 aliphatic heterocycles. The Bertz CT molecular complexity index is 523. The highest BCUT2D eigenvalue weighted by atomic mass is 16.3. The van der Waals surface area contributed by atoms with Gasteiger partial charge in [-0.3, -0.25) is 9.59 Å². The van der Waals surface area contributed by atoms with Crippen LogP contribution in [0.25, 0.3) is 0 Å². The predicted octanol–water partition coefficient (Wildman–Crippen LogP) is 1.64. The van der Waals surface area contributed by atoms with E-state index in [-0.39, 0.29) is 23.8 Å². The molecular weight excluding hydrogens is 256 g/mol. The maximum absolute atomic E-state index is 12.3. The van der Waals surface area contributed by atoms with Gasteiger partial charge in [-0.15, -0.1) is 0 Å². The Kier molecular flexibility index (Phi) is 3.51. The number of amides is 2. The molecule has 5 heteroatoms. The van der Waals surface area contributed by atoms with Crippen LogP contribution in [-0.2, 0) is 16.0 Å². The number of aryl methyl sites for hydroxylation is 1. The van der Waals surface area contributed by atoms with Crippen LogP contribution in [0.1, 0.15) is 43.6 Å². The van der Waals surface area contributed by atoms with E-state index in [9.17, 15) is 9.59 Å². The van der Waals surface area contributed by atoms with Gasteiger partial charge in [0.15, 0.2) is 0 Å². The first-order valence-corrected chi connectivity index (χ1v) is 7.33. The fraction of sp³-hybridized carbons (Fsp3) is 0.600. The molecule has 20 heavy (non-hydrogen) atoms. The van der Waals surface area contributed by atoms with Gasteiger partial charge < -0.3 is 14.6 Å². The monoisotopic (exact) mass is 276 g/mol. The molecule has 1 aliphatic carbocycles. The van der Waals surface area contributed by atoms with Gasteiger partial charge in [0.25, 0.3) is 0 Å². The van der Waals surface area contributed by atoms with Crippen LogP contribution in [-0.4, -0.2) is 29.8 Å². The van der Waals surface area contributed by atoms with Crippen molar-refractivity contribution in [1.29, 1.82) is 0 Å². The zero-order valence-electron chi connectivity index (χ0n) is 11.7. The number of nitrogens with one attached hydrogen (secondary N) is 1. The van der Waals surface area contributed by atoms with Gasteiger partial charge in [0.2, 0.25) is 11.8 Å². The van der Waals surface area contributed by atoms with Gasteiger partial charge in [-0.1, -0.05) is 0 Å². The summed E-state index contributed by atoms with van der Waals surface area (Å²) in [7, 11) is 0. The number of likely N-dealkylation sites (tertiary alicyclic amines) is 1. The molecule has 3 rings (SSSR count). The van der Waals surface area contributed by atoms with Crippen molar-refractivity contribution in [2.75, 3.05) is 13.1 Å². The smallest absolute Gasteiger partial charge is 0.225 e. The number of hydrogen-bond donors (Lipinski definition) is 1. The maximum atomic E-state index is 12.3. The van der Waals surface area contributed by atoms with Crippen LogP contribution < -0.4 is 5.32 Å². The lowest BCUT2D eigenvalue weighted by Crippen LogP contribution is -2.36. The molecule has 0 aromatic carbocycles. The van der Waals surface area contributed by atoms with Gasteiger partial charge in [-0.25, -0.2) is 0 Å². The van der Waals surface area contributed by atoms with Crippen molar-refractivity contribution in [3.05, 3.63) is 23.7 Å². The second-order valence-electron chi connectivity index (χ2n) is 5.59. The molecule has 0 spiro atoms. The molecule has 108 valence electrons. The van der Waals surface area contributed by atoms with Crippen LogP contribution in [0, 0.1) is 5.92 Å². The summed E-state index contributed by atoms with van der Waals surface area (Å²) in [6, 6.07) is 1.98. The van der Waals surface area contributed by atoms with Gasteiger partial charge in [-0.2, -0.15) is 0 Å². The zero-order valence-corrected chi connectivity index (χ0v) is 11.7. The minimum absolute atomic E-state index is 0.00616. The average Bonchev–Trinajstić information content (AvgIpc) is 3.05. The Labute approximate surface area is 118 Å². The standard InChI is InChI=1S/C15H20N2O3/c1-2-17-9-10(8-14(17)18)15(19)16-12-4-3-5-13-11(12)6-7-20-13/h6-7,10,12H,2-5,8-9H2,1H3,(H,16,19)/t10-,12+/m1/s1. The molecule has 2 heterocycles. The van der Waals surface area contributed by atoms with E-state index in [0.717, 1.165) is 30.6 Å². The van der Waals surface area contributed by atoms with Gasteiger partial charge >= 0.3 is 0 Å². The molecule has 1 aromatic rings. The molecule has 1 N–H and O–H groups in total. The molecular formula is C15H20N2O3. The highest BCUT2D eigenvalue weighted by Crippen LogP contribution is 2.31. The van der Waals surface area contributed by atoms with E-state index >= 15 is 0 Å². The van der Waals surface area contributed by atoms with Crippen molar-refractivity contribution in [1.82, 2.24) is 10.2 Å². The highest BCUT2D eigenvalue weighted by Gasteiger charge is 2.35. The quantitative estimate of drug-likeness (QED) is 0.913. The summed E-state index contributed by atoms with van der Waals surface area (Å²) in [4.78, 5) is 25.8. The first-order valence-electron chi connectivity index (χ1n) is 7.33. The molecule has 0 saturated carbocycles. The molecule has 2 aliphatic rings. The van der Waals surface area contributed by atoms with Crippen molar-refractivity contribution >= 4 is 11.8 Å². The number of furan rings is 1. The molecule has 0 radical (unpaired) electrons. The van der Waals surface area contributed by atoms with Crippen molar-refractivity contribution in [2.24, 2.45) is 5.92 Å². The van der Waals surface area contributed by atoms with E-state index in [1.54, 1.807) is 11.2 Å². The number of hydrogen-bond acceptors (Lipinski definition) is 3. The molecule has 0 bridgehead atoms. The van der Waals surface area contributed by atoms with Crippen molar-refractivity contribution in [2.45, 2.75) is 38.6 Å². The van der Waals surface area contributed by atoms with E-state index < -0.39 is 0 Å². The van der Waals surface area contributed by atoms with Crippen LogP contribution >= 0.6 is 0 Å². The topological polar surface area (TPSA) is 62.6 Å². The summed E-state index contributed by atoms with van der Waals surface area (Å²) < 4.78 is 5.43. The van der Waals surface area contributed by atoms with E-state index in [2.05, 4.69) is 5.32 Å². The van der Waals surface area contributed by atoms with E-state index in [0.29, 0.717) is 19.5 Å². The molecule has 0 unspecified atom stereocenters. The third-order valence-electron chi connectivity index (χ3n) is 4.34. The molecule has 1 aromatic heterocycles. The first kappa shape index (κ1) is 13.2. The predicted molar refractivity (Wildman–Crippen MR) is 72.9 cm³/mol. The van der Waals surface area contributed by atoms with E-state index in [1.807, 2.05) is 13.0 Å². The summed E-state index contributed by atoms with van der Waals surface area (Å²) in [5, 5.41) is 3.09. The lowest BCUT2D eigenvalue weighted by Gasteiger charge is -2.24. The number of fused-ring (bicyclic) bond motifs is 1. The summed E-state index contributed by atoms with van der Waals surface area (Å²) in [6.07, 6.45) is 4.94. The summed E-state index contributed by atoms with van der Waals surface area (Å²) in [5.74, 6) is 0.854. The summed E-state index contributed by atoms with van der Waals surface area (Å²) in [5.41, 5.74) is 1.10. The lowest BCUT2D eigenvalue weighted by molar-refractivity contribution is -0.129. The number of nitrogens with zero attached hydrogens (tertiary/aromatic N) is 1. The van der Waals surface area contributed by atoms with Crippen LogP contribution in [0.4, 0.5) is 0 Å². The summed E-state index contributed by atoms with van der Waals surface area (Å²) in [6.45, 7) is 3.17. The highest BCUT2D eigenvalue weighted by molar-refractivity contribution is 5.89. The minimum Gasteiger partial charge on any atom is -0.469 e. The third kappa shape index (κ3) is 2.32. The Morgan fingerprint density at radius 1 is 1.55 bits per heavy atom. The van der Waals surface area contributed by atoms with Crippen LogP contribution in [0.3, 0.4) is 0 Å². The average molecular weight is 276 g/mol. The van der Waals surface area contributed by atoms with Crippen LogP contribution in [0.2, 0.25) is 0 Å². The number of carbonyl (C=O) groups excluding carboxylic acids is 2. The largest absolute Gasteiger partial charge is 0.469 e. The normalized spacial score (nSPS) is 25.6. The minimum atomic E-state index is -0.209. The zero-order chi connectivity index (χ0) is 14.1. The first-order chi connectivity index (χ1) is 9.69. The Balaban J connectivity index is 1.65. The molecule has 5 nitrogen and oxygen atoms in total. The fourth-order valence-corrected chi connectivity index (χ4v) is 3.18. The van der Waals surface area contributed by atoms with Crippen molar-refractivity contribution in [3.63, 3.8) is 0 Å². The molecule has 1 saturated heterocycles. The van der Waals surface area contributed by atoms with Crippen LogP contribution in [0.5, 0.6) is 0 Å². The van der Waals surface area contributed by atoms with Gasteiger partial charge in [0.05, 0.1) is 18.2 Å². The maximum Gasteiger partial charge on any atom is 0.225 e. The number of rotatable bonds is 3. The number of carbonyl (C=O) groups is 2. The van der Waals surface area contributed by atoms with Crippen molar-refractivity contribution < 1.29 is 14.0 Å². The second-order valence-corrected chi connectivity index (χ2v) is 5.59. The van der Waals surface area contributed by atoms with Crippen molar-refractivity contribution in [3.8, 4) is 0 Å². The molecule has 1 fully saturated rings. The lowest BCUT2D eigenvalue weighted by atomic mass is 9.93.